The second-order valence-corrected chi connectivity index (χ2v) is 3.56. The minimum Gasteiger partial charge on any atom is -0.294 e. The fraction of sp³-hybridized carbons (Fsp3) is 0.300. The Morgan fingerprint density at radius 3 is 2.75 bits per heavy atom. The van der Waals surface area contributed by atoms with Crippen molar-refractivity contribution in [3.05, 3.63) is 35.4 Å². The van der Waals surface area contributed by atoms with Gasteiger partial charge in [0, 0.05) is 11.4 Å². The third-order valence-electron chi connectivity index (χ3n) is 2.21. The Kier molecular flexibility index (Phi) is 4.64. The maximum atomic E-state index is 13.4. The molecule has 3 N–H and O–H groups in total. The van der Waals surface area contributed by atoms with Crippen molar-refractivity contribution in [2.45, 2.75) is 12.3 Å². The number of hydrazine groups is 1. The first-order valence-corrected chi connectivity index (χ1v) is 5.15. The number of alkyl halides is 1. The fourth-order valence-corrected chi connectivity index (χ4v) is 1.65. The molecule has 88 valence electrons. The predicted octanol–water partition coefficient (Wildman–Crippen LogP) is 1.67. The van der Waals surface area contributed by atoms with Crippen molar-refractivity contribution in [2.24, 2.45) is 5.84 Å². The highest BCUT2D eigenvalue weighted by molar-refractivity contribution is 6.18. The summed E-state index contributed by atoms with van der Waals surface area (Å²) in [6, 6.07) is 3.65. The van der Waals surface area contributed by atoms with Gasteiger partial charge < -0.3 is 0 Å². The molecule has 16 heavy (non-hydrogen) atoms. The molecule has 0 radical (unpaired) electrons. The normalized spacial score (nSPS) is 12.2. The Labute approximate surface area is 96.5 Å². The molecule has 1 unspecified atom stereocenters. The number of amides is 1. The van der Waals surface area contributed by atoms with Gasteiger partial charge in [0.1, 0.15) is 0 Å². The number of hydrogen-bond acceptors (Lipinski definition) is 2. The first-order valence-electron chi connectivity index (χ1n) is 4.62. The SMILES string of the molecule is NNC(=O)C(CCCl)c1cccc(F)c1F. The van der Waals surface area contributed by atoms with E-state index in [1.54, 1.807) is 0 Å². The summed E-state index contributed by atoms with van der Waals surface area (Å²) in [5.41, 5.74) is 1.87. The molecule has 0 saturated heterocycles. The van der Waals surface area contributed by atoms with E-state index in [2.05, 4.69) is 0 Å². The molecule has 0 aliphatic heterocycles. The minimum atomic E-state index is -1.04. The van der Waals surface area contributed by atoms with Crippen LogP contribution in [0.25, 0.3) is 0 Å². The molecule has 0 heterocycles. The van der Waals surface area contributed by atoms with Crippen LogP contribution in [-0.2, 0) is 4.79 Å². The number of carbonyl (C=O) groups excluding carboxylic acids is 1. The molecule has 0 fully saturated rings. The highest BCUT2D eigenvalue weighted by atomic mass is 35.5. The topological polar surface area (TPSA) is 55.1 Å². The number of benzene rings is 1. The summed E-state index contributed by atoms with van der Waals surface area (Å²) >= 11 is 5.50. The van der Waals surface area contributed by atoms with Crippen molar-refractivity contribution < 1.29 is 13.6 Å². The quantitative estimate of drug-likeness (QED) is 0.369. The van der Waals surface area contributed by atoms with Crippen molar-refractivity contribution in [3.8, 4) is 0 Å². The number of hydrogen-bond donors (Lipinski definition) is 2. The van der Waals surface area contributed by atoms with E-state index >= 15 is 0 Å². The van der Waals surface area contributed by atoms with Crippen LogP contribution in [0.5, 0.6) is 0 Å². The average Bonchev–Trinajstić information content (AvgIpc) is 2.29. The summed E-state index contributed by atoms with van der Waals surface area (Å²) in [7, 11) is 0. The first kappa shape index (κ1) is 12.9. The predicted molar refractivity (Wildman–Crippen MR) is 56.8 cm³/mol. The van der Waals surface area contributed by atoms with Gasteiger partial charge in [-0.15, -0.1) is 11.6 Å². The van der Waals surface area contributed by atoms with E-state index in [4.69, 9.17) is 17.4 Å². The van der Waals surface area contributed by atoms with Gasteiger partial charge in [-0.2, -0.15) is 0 Å². The van der Waals surface area contributed by atoms with Gasteiger partial charge in [-0.3, -0.25) is 10.2 Å². The zero-order valence-corrected chi connectivity index (χ0v) is 9.10. The minimum absolute atomic E-state index is 0.0383. The van der Waals surface area contributed by atoms with Gasteiger partial charge in [-0.25, -0.2) is 14.6 Å². The third-order valence-corrected chi connectivity index (χ3v) is 2.43. The number of halogens is 3. The number of carbonyl (C=O) groups is 1. The largest absolute Gasteiger partial charge is 0.294 e. The van der Waals surface area contributed by atoms with E-state index in [0.717, 1.165) is 6.07 Å². The van der Waals surface area contributed by atoms with Gasteiger partial charge in [-0.05, 0) is 12.5 Å². The van der Waals surface area contributed by atoms with Crippen LogP contribution in [0, 0.1) is 11.6 Å². The number of nitrogens with one attached hydrogen (secondary N) is 1. The van der Waals surface area contributed by atoms with Crippen LogP contribution in [0.3, 0.4) is 0 Å². The van der Waals surface area contributed by atoms with E-state index in [9.17, 15) is 13.6 Å². The summed E-state index contributed by atoms with van der Waals surface area (Å²) in [4.78, 5) is 11.4. The Hall–Kier alpha value is -1.20. The molecule has 0 aliphatic carbocycles. The van der Waals surface area contributed by atoms with Crippen molar-refractivity contribution in [1.82, 2.24) is 5.43 Å². The van der Waals surface area contributed by atoms with Crippen LogP contribution >= 0.6 is 11.6 Å². The van der Waals surface area contributed by atoms with Crippen molar-refractivity contribution in [1.29, 1.82) is 0 Å². The summed E-state index contributed by atoms with van der Waals surface area (Å²) in [6.45, 7) is 0. The Balaban J connectivity index is 3.10. The zero-order valence-electron chi connectivity index (χ0n) is 8.34. The van der Waals surface area contributed by atoms with Gasteiger partial charge in [0.15, 0.2) is 11.6 Å². The molecule has 1 aromatic carbocycles. The lowest BCUT2D eigenvalue weighted by molar-refractivity contribution is -0.122. The molecular weight excluding hydrogens is 238 g/mol. The molecule has 0 saturated carbocycles. The van der Waals surface area contributed by atoms with Gasteiger partial charge in [0.25, 0.3) is 0 Å². The van der Waals surface area contributed by atoms with Crippen molar-refractivity contribution in [2.75, 3.05) is 5.88 Å². The summed E-state index contributed by atoms with van der Waals surface area (Å²) < 4.78 is 26.4. The molecule has 0 spiro atoms. The Morgan fingerprint density at radius 2 is 2.19 bits per heavy atom. The smallest absolute Gasteiger partial charge is 0.241 e. The summed E-state index contributed by atoms with van der Waals surface area (Å²) in [6.07, 6.45) is 0.185. The van der Waals surface area contributed by atoms with Crippen LogP contribution < -0.4 is 11.3 Å². The monoisotopic (exact) mass is 248 g/mol. The molecule has 1 aromatic rings. The standard InChI is InChI=1S/C10H11ClF2N2O/c11-5-4-7(10(16)15-14)6-2-1-3-8(12)9(6)13/h1-3,7H,4-5,14H2,(H,15,16). The molecular formula is C10H11ClF2N2O. The van der Waals surface area contributed by atoms with E-state index in [1.165, 1.54) is 12.1 Å². The van der Waals surface area contributed by atoms with E-state index in [-0.39, 0.29) is 17.9 Å². The molecule has 0 bridgehead atoms. The third kappa shape index (κ3) is 2.68. The van der Waals surface area contributed by atoms with Gasteiger partial charge >= 0.3 is 0 Å². The fourth-order valence-electron chi connectivity index (χ4n) is 1.43. The maximum absolute atomic E-state index is 13.4. The number of nitrogens with two attached hydrogens (primary N) is 1. The van der Waals surface area contributed by atoms with Crippen molar-refractivity contribution >= 4 is 17.5 Å². The average molecular weight is 249 g/mol. The molecule has 3 nitrogen and oxygen atoms in total. The highest BCUT2D eigenvalue weighted by Crippen LogP contribution is 2.24. The molecule has 6 heteroatoms. The van der Waals surface area contributed by atoms with E-state index < -0.39 is 23.5 Å². The van der Waals surface area contributed by atoms with Gasteiger partial charge in [0.2, 0.25) is 5.91 Å². The zero-order chi connectivity index (χ0) is 12.1. The van der Waals surface area contributed by atoms with Crippen LogP contribution in [-0.4, -0.2) is 11.8 Å². The second kappa shape index (κ2) is 5.77. The molecule has 0 aliphatic rings. The van der Waals surface area contributed by atoms with Gasteiger partial charge in [-0.1, -0.05) is 12.1 Å². The van der Waals surface area contributed by atoms with Crippen LogP contribution in [0.4, 0.5) is 8.78 Å². The molecule has 1 rings (SSSR count). The lowest BCUT2D eigenvalue weighted by Crippen LogP contribution is -2.35. The molecule has 1 amide bonds. The van der Waals surface area contributed by atoms with Crippen LogP contribution in [0.2, 0.25) is 0 Å². The Morgan fingerprint density at radius 1 is 1.50 bits per heavy atom. The first-order chi connectivity index (χ1) is 7.61. The lowest BCUT2D eigenvalue weighted by Gasteiger charge is -2.15. The van der Waals surface area contributed by atoms with Crippen molar-refractivity contribution in [3.63, 3.8) is 0 Å². The van der Waals surface area contributed by atoms with Gasteiger partial charge in [0.05, 0.1) is 5.92 Å². The molecule has 1 atom stereocenters. The maximum Gasteiger partial charge on any atom is 0.241 e. The lowest BCUT2D eigenvalue weighted by atomic mass is 9.95. The Bertz CT molecular complexity index is 387. The highest BCUT2D eigenvalue weighted by Gasteiger charge is 2.23. The van der Waals surface area contributed by atoms with E-state index in [0.29, 0.717) is 0 Å². The summed E-state index contributed by atoms with van der Waals surface area (Å²) in [5, 5.41) is 0. The van der Waals surface area contributed by atoms with Crippen LogP contribution in [0.1, 0.15) is 17.9 Å². The summed E-state index contributed by atoms with van der Waals surface area (Å²) in [5.74, 6) is 1.61. The van der Waals surface area contributed by atoms with Crippen LogP contribution in [0.15, 0.2) is 18.2 Å². The second-order valence-electron chi connectivity index (χ2n) is 3.18. The molecule has 0 aromatic heterocycles. The van der Waals surface area contributed by atoms with E-state index in [1.807, 2.05) is 5.43 Å². The number of rotatable bonds is 4.